The van der Waals surface area contributed by atoms with Gasteiger partial charge in [-0.1, -0.05) is 0 Å². The minimum absolute atomic E-state index is 0.136. The second kappa shape index (κ2) is 4.26. The van der Waals surface area contributed by atoms with Gasteiger partial charge >= 0.3 is 0 Å². The van der Waals surface area contributed by atoms with Gasteiger partial charge in [0, 0.05) is 30.2 Å². The number of carbonyl (C=O) groups is 1. The molecule has 2 unspecified atom stereocenters. The van der Waals surface area contributed by atoms with E-state index in [9.17, 15) is 4.79 Å². The molecule has 2 aliphatic heterocycles. The average Bonchev–Trinajstić information content (AvgIpc) is 2.79. The van der Waals surface area contributed by atoms with E-state index in [1.807, 2.05) is 14.0 Å². The Balaban J connectivity index is 1.88. The molecule has 2 bridgehead atoms. The first kappa shape index (κ1) is 12.0. The van der Waals surface area contributed by atoms with Crippen molar-refractivity contribution in [2.24, 2.45) is 7.05 Å². The number of nitrogens with zero attached hydrogens (tertiary/aromatic N) is 3. The van der Waals surface area contributed by atoms with Crippen molar-refractivity contribution in [2.75, 3.05) is 0 Å². The summed E-state index contributed by atoms with van der Waals surface area (Å²) in [5.74, 6) is 0.136. The van der Waals surface area contributed by atoms with Crippen molar-refractivity contribution in [3.8, 4) is 0 Å². The summed E-state index contributed by atoms with van der Waals surface area (Å²) in [4.78, 5) is 14.7. The number of fused-ring (bicyclic) bond motifs is 2. The maximum Gasteiger partial charge on any atom is 0.257 e. The van der Waals surface area contributed by atoms with E-state index in [0.717, 1.165) is 36.9 Å². The molecular formula is C13H18ClN3O. The summed E-state index contributed by atoms with van der Waals surface area (Å²) in [6.45, 7) is 1.94. The van der Waals surface area contributed by atoms with Gasteiger partial charge in [0.15, 0.2) is 0 Å². The van der Waals surface area contributed by atoms with Crippen LogP contribution in [0.5, 0.6) is 0 Å². The molecule has 0 N–H and O–H groups in total. The number of alkyl halides is 1. The van der Waals surface area contributed by atoms with Crippen molar-refractivity contribution in [1.29, 1.82) is 0 Å². The standard InChI is InChI=1S/C13H18ClN3O/c1-8-12(7-15-16(8)2)13(18)17-10-3-4-11(17)6-9(14)5-10/h7,9-11H,3-6H2,1-2H3. The van der Waals surface area contributed by atoms with E-state index in [1.165, 1.54) is 0 Å². The fraction of sp³-hybridized carbons (Fsp3) is 0.692. The lowest BCUT2D eigenvalue weighted by Gasteiger charge is -2.37. The van der Waals surface area contributed by atoms with Crippen molar-refractivity contribution < 1.29 is 4.79 Å². The van der Waals surface area contributed by atoms with Crippen LogP contribution in [-0.4, -0.2) is 38.0 Å². The lowest BCUT2D eigenvalue weighted by atomic mass is 10.0. The molecule has 5 heteroatoms. The summed E-state index contributed by atoms with van der Waals surface area (Å²) in [5.41, 5.74) is 1.68. The quantitative estimate of drug-likeness (QED) is 0.731. The molecule has 2 aliphatic rings. The van der Waals surface area contributed by atoms with E-state index >= 15 is 0 Å². The van der Waals surface area contributed by atoms with Crippen LogP contribution in [0.4, 0.5) is 0 Å². The summed E-state index contributed by atoms with van der Waals surface area (Å²) in [5, 5.41) is 4.40. The molecule has 2 saturated heterocycles. The maximum absolute atomic E-state index is 12.6. The molecule has 4 nitrogen and oxygen atoms in total. The number of carbonyl (C=O) groups excluding carboxylic acids is 1. The zero-order valence-electron chi connectivity index (χ0n) is 10.8. The molecule has 98 valence electrons. The highest BCUT2D eigenvalue weighted by Gasteiger charge is 2.43. The van der Waals surface area contributed by atoms with Gasteiger partial charge in [0.05, 0.1) is 11.8 Å². The Morgan fingerprint density at radius 2 is 2.00 bits per heavy atom. The number of rotatable bonds is 1. The fourth-order valence-electron chi connectivity index (χ4n) is 3.29. The van der Waals surface area contributed by atoms with E-state index in [2.05, 4.69) is 10.00 Å². The Morgan fingerprint density at radius 1 is 1.39 bits per heavy atom. The number of hydrogen-bond donors (Lipinski definition) is 0. The molecule has 1 amide bonds. The Kier molecular flexibility index (Phi) is 2.85. The largest absolute Gasteiger partial charge is 0.332 e. The van der Waals surface area contributed by atoms with Crippen LogP contribution in [0.2, 0.25) is 0 Å². The van der Waals surface area contributed by atoms with Crippen LogP contribution in [0.1, 0.15) is 41.7 Å². The molecule has 3 heterocycles. The number of hydrogen-bond acceptors (Lipinski definition) is 2. The van der Waals surface area contributed by atoms with Gasteiger partial charge in [-0.15, -0.1) is 11.6 Å². The molecule has 1 aromatic heterocycles. The zero-order valence-corrected chi connectivity index (χ0v) is 11.5. The van der Waals surface area contributed by atoms with Crippen molar-refractivity contribution in [3.05, 3.63) is 17.5 Å². The van der Waals surface area contributed by atoms with Crippen molar-refractivity contribution in [3.63, 3.8) is 0 Å². The lowest BCUT2D eigenvalue weighted by molar-refractivity contribution is 0.0598. The van der Waals surface area contributed by atoms with Crippen LogP contribution in [0.15, 0.2) is 6.20 Å². The molecule has 0 spiro atoms. The van der Waals surface area contributed by atoms with Crippen LogP contribution >= 0.6 is 11.6 Å². The normalized spacial score (nSPS) is 30.8. The van der Waals surface area contributed by atoms with E-state index in [4.69, 9.17) is 11.6 Å². The smallest absolute Gasteiger partial charge is 0.257 e. The van der Waals surface area contributed by atoms with Crippen molar-refractivity contribution in [1.82, 2.24) is 14.7 Å². The third-order valence-corrected chi connectivity index (χ3v) is 4.73. The molecular weight excluding hydrogens is 250 g/mol. The maximum atomic E-state index is 12.6. The van der Waals surface area contributed by atoms with E-state index < -0.39 is 0 Å². The van der Waals surface area contributed by atoms with Crippen LogP contribution in [0, 0.1) is 6.92 Å². The third kappa shape index (κ3) is 1.74. The van der Waals surface area contributed by atoms with Gasteiger partial charge < -0.3 is 4.90 Å². The third-order valence-electron chi connectivity index (χ3n) is 4.38. The second-order valence-electron chi connectivity index (χ2n) is 5.43. The summed E-state index contributed by atoms with van der Waals surface area (Å²) in [6, 6.07) is 0.664. The average molecular weight is 268 g/mol. The van der Waals surface area contributed by atoms with E-state index in [1.54, 1.807) is 10.9 Å². The van der Waals surface area contributed by atoms with Crippen LogP contribution in [0.3, 0.4) is 0 Å². The van der Waals surface area contributed by atoms with Crippen LogP contribution in [-0.2, 0) is 7.05 Å². The second-order valence-corrected chi connectivity index (χ2v) is 6.05. The minimum atomic E-state index is 0.136. The number of amides is 1. The highest BCUT2D eigenvalue weighted by molar-refractivity contribution is 6.20. The summed E-state index contributed by atoms with van der Waals surface area (Å²) < 4.78 is 1.75. The van der Waals surface area contributed by atoms with Gasteiger partial charge in [-0.05, 0) is 32.6 Å². The molecule has 18 heavy (non-hydrogen) atoms. The Bertz CT molecular complexity index is 471. The molecule has 0 aliphatic carbocycles. The topological polar surface area (TPSA) is 38.1 Å². The van der Waals surface area contributed by atoms with E-state index in [-0.39, 0.29) is 11.3 Å². The SMILES string of the molecule is Cc1c(C(=O)N2C3CCC2CC(Cl)C3)cnn1C. The van der Waals surface area contributed by atoms with Gasteiger partial charge in [-0.25, -0.2) is 0 Å². The van der Waals surface area contributed by atoms with Crippen molar-refractivity contribution in [2.45, 2.75) is 50.1 Å². The fourth-order valence-corrected chi connectivity index (χ4v) is 3.70. The summed E-state index contributed by atoms with van der Waals surface area (Å²) >= 11 is 6.24. The van der Waals surface area contributed by atoms with Gasteiger partial charge in [-0.3, -0.25) is 9.48 Å². The highest BCUT2D eigenvalue weighted by Crippen LogP contribution is 2.38. The molecule has 0 saturated carbocycles. The van der Waals surface area contributed by atoms with Gasteiger partial charge in [0.1, 0.15) is 0 Å². The first-order valence-corrected chi connectivity index (χ1v) is 6.97. The Morgan fingerprint density at radius 3 is 2.50 bits per heavy atom. The minimum Gasteiger partial charge on any atom is -0.332 e. The Hall–Kier alpha value is -1.03. The first-order chi connectivity index (χ1) is 8.58. The number of halogens is 1. The molecule has 1 aromatic rings. The number of aryl methyl sites for hydroxylation is 1. The summed E-state index contributed by atoms with van der Waals surface area (Å²) in [6.07, 6.45) is 5.74. The van der Waals surface area contributed by atoms with Gasteiger partial charge in [0.25, 0.3) is 5.91 Å². The number of aromatic nitrogens is 2. The van der Waals surface area contributed by atoms with Crippen molar-refractivity contribution >= 4 is 17.5 Å². The molecule has 0 radical (unpaired) electrons. The van der Waals surface area contributed by atoms with Crippen LogP contribution < -0.4 is 0 Å². The Labute approximate surface area is 112 Å². The van der Waals surface area contributed by atoms with Crippen LogP contribution in [0.25, 0.3) is 0 Å². The molecule has 2 fully saturated rings. The first-order valence-electron chi connectivity index (χ1n) is 6.53. The molecule has 2 atom stereocenters. The lowest BCUT2D eigenvalue weighted by Crippen LogP contribution is -2.47. The number of piperidine rings is 1. The monoisotopic (exact) mass is 267 g/mol. The molecule has 3 rings (SSSR count). The van der Waals surface area contributed by atoms with Gasteiger partial charge in [0.2, 0.25) is 0 Å². The molecule has 0 aromatic carbocycles. The highest BCUT2D eigenvalue weighted by atomic mass is 35.5. The van der Waals surface area contributed by atoms with Gasteiger partial charge in [-0.2, -0.15) is 5.10 Å². The predicted octanol–water partition coefficient (Wildman–Crippen LogP) is 2.10. The predicted molar refractivity (Wildman–Crippen MR) is 69.8 cm³/mol. The van der Waals surface area contributed by atoms with E-state index in [0.29, 0.717) is 12.1 Å². The zero-order chi connectivity index (χ0) is 12.9. The summed E-state index contributed by atoms with van der Waals surface area (Å²) in [7, 11) is 1.87.